The van der Waals surface area contributed by atoms with Crippen molar-refractivity contribution in [2.75, 3.05) is 5.75 Å². The molecule has 0 aliphatic carbocycles. The van der Waals surface area contributed by atoms with Gasteiger partial charge in [0.25, 0.3) is 0 Å². The van der Waals surface area contributed by atoms with Gasteiger partial charge in [-0.3, -0.25) is 4.90 Å². The van der Waals surface area contributed by atoms with Crippen molar-refractivity contribution in [3.63, 3.8) is 0 Å². The van der Waals surface area contributed by atoms with E-state index < -0.39 is 12.0 Å². The fourth-order valence-electron chi connectivity index (χ4n) is 1.84. The fraction of sp³-hybridized carbons (Fsp3) is 0.455. The summed E-state index contributed by atoms with van der Waals surface area (Å²) in [4.78, 5) is 25.6. The van der Waals surface area contributed by atoms with Gasteiger partial charge in [0.2, 0.25) is 0 Å². The van der Waals surface area contributed by atoms with E-state index in [0.29, 0.717) is 12.3 Å². The molecule has 2 rings (SSSR count). The van der Waals surface area contributed by atoms with Crippen LogP contribution < -0.4 is 5.32 Å². The van der Waals surface area contributed by atoms with Gasteiger partial charge in [-0.05, 0) is 34.3 Å². The number of halogens is 1. The molecule has 104 valence electrons. The Kier molecular flexibility index (Phi) is 4.75. The van der Waals surface area contributed by atoms with E-state index in [1.54, 1.807) is 11.3 Å². The Morgan fingerprint density at radius 1 is 1.63 bits per heavy atom. The highest BCUT2D eigenvalue weighted by molar-refractivity contribution is 9.10. The molecule has 1 aliphatic rings. The average Bonchev–Trinajstić information content (AvgIpc) is 2.92. The highest BCUT2D eigenvalue weighted by Gasteiger charge is 2.39. The van der Waals surface area contributed by atoms with Crippen LogP contribution in [0.1, 0.15) is 11.8 Å². The van der Waals surface area contributed by atoms with Crippen molar-refractivity contribution >= 4 is 51.0 Å². The van der Waals surface area contributed by atoms with E-state index in [1.165, 1.54) is 16.7 Å². The number of thioether (sulfide) groups is 1. The van der Waals surface area contributed by atoms with E-state index in [0.717, 1.165) is 9.35 Å². The molecule has 2 N–H and O–H groups in total. The largest absolute Gasteiger partial charge is 0.480 e. The lowest BCUT2D eigenvalue weighted by Gasteiger charge is -2.25. The lowest BCUT2D eigenvalue weighted by molar-refractivity contribution is -0.141. The van der Waals surface area contributed by atoms with Crippen molar-refractivity contribution in [3.05, 3.63) is 20.8 Å². The quantitative estimate of drug-likeness (QED) is 0.864. The van der Waals surface area contributed by atoms with Crippen LogP contribution in [0.25, 0.3) is 0 Å². The summed E-state index contributed by atoms with van der Waals surface area (Å²) in [6.07, 6.45) is 0. The van der Waals surface area contributed by atoms with Gasteiger partial charge in [0, 0.05) is 15.1 Å². The minimum Gasteiger partial charge on any atom is -0.480 e. The average molecular weight is 365 g/mol. The fourth-order valence-corrected chi connectivity index (χ4v) is 4.44. The van der Waals surface area contributed by atoms with Gasteiger partial charge >= 0.3 is 12.0 Å². The molecule has 1 fully saturated rings. The molecular formula is C11H13BrN2O3S2. The Hall–Kier alpha value is -0.730. The van der Waals surface area contributed by atoms with Gasteiger partial charge in [0.05, 0.1) is 11.9 Å². The number of rotatable bonds is 3. The van der Waals surface area contributed by atoms with Gasteiger partial charge in [-0.15, -0.1) is 23.1 Å². The first kappa shape index (κ1) is 14.7. The molecule has 0 spiro atoms. The van der Waals surface area contributed by atoms with Crippen LogP contribution >= 0.6 is 39.0 Å². The van der Waals surface area contributed by atoms with Crippen molar-refractivity contribution in [2.24, 2.45) is 0 Å². The summed E-state index contributed by atoms with van der Waals surface area (Å²) in [6.45, 7) is 2.24. The first-order valence-corrected chi connectivity index (χ1v) is 8.35. The highest BCUT2D eigenvalue weighted by atomic mass is 79.9. The zero-order valence-corrected chi connectivity index (χ0v) is 13.3. The second-order valence-electron chi connectivity index (χ2n) is 4.04. The van der Waals surface area contributed by atoms with E-state index in [2.05, 4.69) is 21.2 Å². The number of carbonyl (C=O) groups is 2. The van der Waals surface area contributed by atoms with E-state index >= 15 is 0 Å². The van der Waals surface area contributed by atoms with Gasteiger partial charge in [-0.2, -0.15) is 0 Å². The van der Waals surface area contributed by atoms with E-state index in [1.807, 2.05) is 18.4 Å². The normalized spacial score (nSPS) is 22.5. The number of aliphatic carboxylic acids is 1. The molecule has 2 amide bonds. The lowest BCUT2D eigenvalue weighted by Crippen LogP contribution is -2.49. The summed E-state index contributed by atoms with van der Waals surface area (Å²) >= 11 is 6.41. The van der Waals surface area contributed by atoms with Crippen LogP contribution in [0.3, 0.4) is 0 Å². The SMILES string of the molecule is CC1SCC(C(=O)O)N1C(=O)NCc1sccc1Br. The van der Waals surface area contributed by atoms with Crippen molar-refractivity contribution in [1.29, 1.82) is 0 Å². The minimum atomic E-state index is -0.954. The van der Waals surface area contributed by atoms with Gasteiger partial charge < -0.3 is 10.4 Å². The molecule has 0 aromatic carbocycles. The maximum Gasteiger partial charge on any atom is 0.327 e. The number of thiophene rings is 1. The van der Waals surface area contributed by atoms with Crippen LogP contribution in [-0.4, -0.2) is 39.2 Å². The Morgan fingerprint density at radius 2 is 2.37 bits per heavy atom. The smallest absolute Gasteiger partial charge is 0.327 e. The summed E-state index contributed by atoms with van der Waals surface area (Å²) in [5.74, 6) is -0.517. The number of carboxylic acids is 1. The van der Waals surface area contributed by atoms with Crippen molar-refractivity contribution in [2.45, 2.75) is 24.9 Å². The number of hydrogen-bond acceptors (Lipinski definition) is 4. The molecule has 1 aromatic heterocycles. The molecule has 1 aromatic rings. The zero-order chi connectivity index (χ0) is 14.0. The summed E-state index contributed by atoms with van der Waals surface area (Å²) in [5, 5.41) is 13.7. The van der Waals surface area contributed by atoms with E-state index in [-0.39, 0.29) is 11.4 Å². The summed E-state index contributed by atoms with van der Waals surface area (Å²) in [5.41, 5.74) is 0. The summed E-state index contributed by atoms with van der Waals surface area (Å²) < 4.78 is 0.955. The maximum atomic E-state index is 12.1. The Labute approximate surface area is 127 Å². The van der Waals surface area contributed by atoms with E-state index in [9.17, 15) is 9.59 Å². The molecule has 0 radical (unpaired) electrons. The predicted octanol–water partition coefficient (Wildman–Crippen LogP) is 2.57. The third-order valence-electron chi connectivity index (χ3n) is 2.83. The monoisotopic (exact) mass is 364 g/mol. The third-order valence-corrected chi connectivity index (χ3v) is 5.98. The molecule has 19 heavy (non-hydrogen) atoms. The number of hydrogen-bond donors (Lipinski definition) is 2. The maximum absolute atomic E-state index is 12.1. The topological polar surface area (TPSA) is 69.6 Å². The van der Waals surface area contributed by atoms with Crippen molar-refractivity contribution in [3.8, 4) is 0 Å². The first-order chi connectivity index (χ1) is 9.00. The minimum absolute atomic E-state index is 0.118. The standard InChI is InChI=1S/C11H13BrN2O3S2/c1-6-14(8(5-19-6)10(15)16)11(17)13-4-9-7(12)2-3-18-9/h2-3,6,8H,4-5H2,1H3,(H,13,17)(H,15,16). The van der Waals surface area contributed by atoms with Crippen molar-refractivity contribution < 1.29 is 14.7 Å². The van der Waals surface area contributed by atoms with Gasteiger partial charge in [0.1, 0.15) is 6.04 Å². The molecule has 1 aliphatic heterocycles. The van der Waals surface area contributed by atoms with Gasteiger partial charge in [0.15, 0.2) is 0 Å². The molecule has 5 nitrogen and oxygen atoms in total. The van der Waals surface area contributed by atoms with Crippen molar-refractivity contribution in [1.82, 2.24) is 10.2 Å². The van der Waals surface area contributed by atoms with Gasteiger partial charge in [-0.1, -0.05) is 0 Å². The second kappa shape index (κ2) is 6.15. The molecular weight excluding hydrogens is 352 g/mol. The second-order valence-corrected chi connectivity index (χ2v) is 7.25. The molecule has 2 atom stereocenters. The number of carbonyl (C=O) groups excluding carboxylic acids is 1. The zero-order valence-electron chi connectivity index (χ0n) is 10.1. The van der Waals surface area contributed by atoms with Crippen LogP contribution in [-0.2, 0) is 11.3 Å². The first-order valence-electron chi connectivity index (χ1n) is 5.63. The van der Waals surface area contributed by atoms with Crippen LogP contribution in [0, 0.1) is 0 Å². The van der Waals surface area contributed by atoms with Crippen LogP contribution in [0.4, 0.5) is 4.79 Å². The summed E-state index contributed by atoms with van der Waals surface area (Å²) in [7, 11) is 0. The molecule has 8 heteroatoms. The molecule has 0 saturated carbocycles. The Balaban J connectivity index is 1.99. The number of urea groups is 1. The third kappa shape index (κ3) is 3.24. The number of nitrogens with one attached hydrogen (secondary N) is 1. The van der Waals surface area contributed by atoms with Crippen LogP contribution in [0.2, 0.25) is 0 Å². The van der Waals surface area contributed by atoms with E-state index in [4.69, 9.17) is 5.11 Å². The molecule has 1 saturated heterocycles. The Bertz CT molecular complexity index is 494. The molecule has 2 unspecified atom stereocenters. The van der Waals surface area contributed by atoms with Crippen LogP contribution in [0.15, 0.2) is 15.9 Å². The summed E-state index contributed by atoms with van der Waals surface area (Å²) in [6, 6.07) is 0.845. The predicted molar refractivity (Wildman–Crippen MR) is 79.4 cm³/mol. The number of nitrogens with zero attached hydrogens (tertiary/aromatic N) is 1. The van der Waals surface area contributed by atoms with Crippen LogP contribution in [0.5, 0.6) is 0 Å². The van der Waals surface area contributed by atoms with Gasteiger partial charge in [-0.25, -0.2) is 9.59 Å². The Morgan fingerprint density at radius 3 is 2.95 bits per heavy atom. The number of amides is 2. The molecule has 0 bridgehead atoms. The lowest BCUT2D eigenvalue weighted by atomic mass is 10.3. The molecule has 2 heterocycles. The number of carboxylic acid groups (broad SMARTS) is 1. The highest BCUT2D eigenvalue weighted by Crippen LogP contribution is 2.29.